The van der Waals surface area contributed by atoms with E-state index in [4.69, 9.17) is 0 Å². The summed E-state index contributed by atoms with van der Waals surface area (Å²) in [4.78, 5) is 25.1. The minimum atomic E-state index is -0.128. The number of urea groups is 1. The normalized spacial score (nSPS) is 10.4. The maximum Gasteiger partial charge on any atom is 0.321 e. The van der Waals surface area contributed by atoms with Gasteiger partial charge in [-0.2, -0.15) is 0 Å². The van der Waals surface area contributed by atoms with Gasteiger partial charge < -0.3 is 10.2 Å². The van der Waals surface area contributed by atoms with E-state index in [1.54, 1.807) is 29.2 Å². The maximum absolute atomic E-state index is 12.1. The molecule has 1 N–H and O–H groups in total. The van der Waals surface area contributed by atoms with E-state index in [1.807, 2.05) is 6.92 Å². The molecule has 0 aliphatic heterocycles. The second-order valence-corrected chi connectivity index (χ2v) is 5.00. The molecule has 4 nitrogen and oxygen atoms in total. The average molecular weight is 262 g/mol. The van der Waals surface area contributed by atoms with Crippen molar-refractivity contribution in [2.24, 2.45) is 5.92 Å². The van der Waals surface area contributed by atoms with Gasteiger partial charge in [0.15, 0.2) is 5.78 Å². The van der Waals surface area contributed by atoms with E-state index in [0.717, 1.165) is 0 Å². The minimum absolute atomic E-state index is 0.00868. The maximum atomic E-state index is 12.1. The Hall–Kier alpha value is -1.84. The molecule has 2 amide bonds. The van der Waals surface area contributed by atoms with E-state index >= 15 is 0 Å². The van der Waals surface area contributed by atoms with Gasteiger partial charge in [0.1, 0.15) is 0 Å². The number of carbonyl (C=O) groups excluding carboxylic acids is 2. The highest BCUT2D eigenvalue weighted by Gasteiger charge is 2.13. The van der Waals surface area contributed by atoms with Gasteiger partial charge in [0, 0.05) is 24.3 Å². The van der Waals surface area contributed by atoms with E-state index in [1.165, 1.54) is 6.92 Å². The van der Waals surface area contributed by atoms with Crippen molar-refractivity contribution in [3.63, 3.8) is 0 Å². The van der Waals surface area contributed by atoms with Crippen LogP contribution in [-0.4, -0.2) is 29.8 Å². The first kappa shape index (κ1) is 15.2. The van der Waals surface area contributed by atoms with Crippen molar-refractivity contribution in [2.75, 3.05) is 18.4 Å². The molecule has 0 bridgehead atoms. The number of carbonyl (C=O) groups is 2. The first-order chi connectivity index (χ1) is 8.93. The van der Waals surface area contributed by atoms with Gasteiger partial charge in [-0.25, -0.2) is 4.79 Å². The van der Waals surface area contributed by atoms with Gasteiger partial charge >= 0.3 is 6.03 Å². The average Bonchev–Trinajstić information content (AvgIpc) is 2.35. The molecule has 4 heteroatoms. The molecule has 0 saturated heterocycles. The molecular weight excluding hydrogens is 240 g/mol. The quantitative estimate of drug-likeness (QED) is 0.827. The number of Topliss-reactive ketones (excluding diaryl/α,β-unsaturated/α-hetero) is 1. The molecule has 0 spiro atoms. The van der Waals surface area contributed by atoms with Crippen LogP contribution >= 0.6 is 0 Å². The predicted octanol–water partition coefficient (Wildman–Crippen LogP) is 3.40. The lowest BCUT2D eigenvalue weighted by atomic mass is 10.1. The summed E-state index contributed by atoms with van der Waals surface area (Å²) < 4.78 is 0. The lowest BCUT2D eigenvalue weighted by Gasteiger charge is -2.23. The van der Waals surface area contributed by atoms with Crippen LogP contribution in [0.25, 0.3) is 0 Å². The number of hydrogen-bond acceptors (Lipinski definition) is 2. The van der Waals surface area contributed by atoms with Crippen LogP contribution in [-0.2, 0) is 0 Å². The highest BCUT2D eigenvalue weighted by Crippen LogP contribution is 2.12. The Bertz CT molecular complexity index is 455. The largest absolute Gasteiger partial charge is 0.325 e. The molecule has 19 heavy (non-hydrogen) atoms. The van der Waals surface area contributed by atoms with Gasteiger partial charge in [0.2, 0.25) is 0 Å². The van der Waals surface area contributed by atoms with E-state index in [2.05, 4.69) is 19.2 Å². The SMILES string of the molecule is CCN(CC(C)C)C(=O)Nc1cccc(C(C)=O)c1. The molecule has 104 valence electrons. The fraction of sp³-hybridized carbons (Fsp3) is 0.467. The van der Waals surface area contributed by atoms with Crippen molar-refractivity contribution in [3.8, 4) is 0 Å². The zero-order valence-electron chi connectivity index (χ0n) is 12.1. The van der Waals surface area contributed by atoms with Gasteiger partial charge in [-0.3, -0.25) is 4.79 Å². The highest BCUT2D eigenvalue weighted by molar-refractivity contribution is 5.96. The van der Waals surface area contributed by atoms with E-state index in [-0.39, 0.29) is 11.8 Å². The lowest BCUT2D eigenvalue weighted by molar-refractivity contribution is 0.101. The van der Waals surface area contributed by atoms with Crippen molar-refractivity contribution in [1.29, 1.82) is 0 Å². The number of benzene rings is 1. The van der Waals surface area contributed by atoms with Crippen LogP contribution in [0, 0.1) is 5.92 Å². The monoisotopic (exact) mass is 262 g/mol. The second-order valence-electron chi connectivity index (χ2n) is 5.00. The molecule has 0 radical (unpaired) electrons. The fourth-order valence-electron chi connectivity index (χ4n) is 1.81. The molecule has 0 unspecified atom stereocenters. The molecule has 1 rings (SSSR count). The molecule has 0 heterocycles. The van der Waals surface area contributed by atoms with E-state index in [9.17, 15) is 9.59 Å². The molecule has 1 aromatic carbocycles. The summed E-state index contributed by atoms with van der Waals surface area (Å²) in [5.41, 5.74) is 1.25. The van der Waals surface area contributed by atoms with E-state index in [0.29, 0.717) is 30.3 Å². The highest BCUT2D eigenvalue weighted by atomic mass is 16.2. The topological polar surface area (TPSA) is 49.4 Å². The molecule has 0 aliphatic carbocycles. The Labute approximate surface area is 114 Å². The fourth-order valence-corrected chi connectivity index (χ4v) is 1.81. The van der Waals surface area contributed by atoms with Crippen molar-refractivity contribution < 1.29 is 9.59 Å². The standard InChI is InChI=1S/C15H22N2O2/c1-5-17(10-11(2)3)15(19)16-14-8-6-7-13(9-14)12(4)18/h6-9,11H,5,10H2,1-4H3,(H,16,19). The number of nitrogens with one attached hydrogen (secondary N) is 1. The molecular formula is C15H22N2O2. The summed E-state index contributed by atoms with van der Waals surface area (Å²) >= 11 is 0. The molecule has 0 aromatic heterocycles. The Morgan fingerprint density at radius 3 is 2.53 bits per heavy atom. The number of amides is 2. The summed E-state index contributed by atoms with van der Waals surface area (Å²) in [6.45, 7) is 9.00. The third kappa shape index (κ3) is 4.73. The van der Waals surface area contributed by atoms with Gasteiger partial charge in [-0.15, -0.1) is 0 Å². The molecule has 0 atom stereocenters. The molecule has 0 aliphatic rings. The van der Waals surface area contributed by atoms with Crippen molar-refractivity contribution >= 4 is 17.5 Å². The van der Waals surface area contributed by atoms with Crippen LogP contribution in [0.4, 0.5) is 10.5 Å². The van der Waals surface area contributed by atoms with Crippen molar-refractivity contribution in [3.05, 3.63) is 29.8 Å². The zero-order valence-corrected chi connectivity index (χ0v) is 12.1. The minimum Gasteiger partial charge on any atom is -0.325 e. The lowest BCUT2D eigenvalue weighted by Crippen LogP contribution is -2.37. The summed E-state index contributed by atoms with van der Waals surface area (Å²) in [6, 6.07) is 6.86. The number of hydrogen-bond donors (Lipinski definition) is 1. The molecule has 0 saturated carbocycles. The number of anilines is 1. The summed E-state index contributed by atoms with van der Waals surface area (Å²) in [5, 5.41) is 2.83. The summed E-state index contributed by atoms with van der Waals surface area (Å²) in [5.74, 6) is 0.417. The van der Waals surface area contributed by atoms with E-state index < -0.39 is 0 Å². The smallest absolute Gasteiger partial charge is 0.321 e. The first-order valence-corrected chi connectivity index (χ1v) is 6.61. The summed E-state index contributed by atoms with van der Waals surface area (Å²) in [7, 11) is 0. The number of rotatable bonds is 5. The van der Waals surface area contributed by atoms with Crippen LogP contribution in [0.15, 0.2) is 24.3 Å². The second kappa shape index (κ2) is 6.92. The van der Waals surface area contributed by atoms with Gasteiger partial charge in [-0.1, -0.05) is 26.0 Å². The Morgan fingerprint density at radius 2 is 2.00 bits per heavy atom. The number of ketones is 1. The van der Waals surface area contributed by atoms with Gasteiger partial charge in [-0.05, 0) is 31.9 Å². The van der Waals surface area contributed by atoms with Gasteiger partial charge in [0.05, 0.1) is 0 Å². The number of nitrogens with zero attached hydrogens (tertiary/aromatic N) is 1. The first-order valence-electron chi connectivity index (χ1n) is 6.61. The van der Waals surface area contributed by atoms with Gasteiger partial charge in [0.25, 0.3) is 0 Å². The Balaban J connectivity index is 2.75. The Kier molecular flexibility index (Phi) is 5.55. The zero-order chi connectivity index (χ0) is 14.4. The molecule has 0 fully saturated rings. The van der Waals surface area contributed by atoms with Crippen LogP contribution < -0.4 is 5.32 Å². The Morgan fingerprint density at radius 1 is 1.32 bits per heavy atom. The van der Waals surface area contributed by atoms with Crippen LogP contribution in [0.3, 0.4) is 0 Å². The van der Waals surface area contributed by atoms with Crippen LogP contribution in [0.5, 0.6) is 0 Å². The predicted molar refractivity (Wildman–Crippen MR) is 77.6 cm³/mol. The van der Waals surface area contributed by atoms with Crippen LogP contribution in [0.1, 0.15) is 38.1 Å². The van der Waals surface area contributed by atoms with Crippen molar-refractivity contribution in [1.82, 2.24) is 4.90 Å². The third-order valence-electron chi connectivity index (χ3n) is 2.77. The summed E-state index contributed by atoms with van der Waals surface area (Å²) in [6.07, 6.45) is 0. The van der Waals surface area contributed by atoms with Crippen LogP contribution in [0.2, 0.25) is 0 Å². The molecule has 1 aromatic rings. The van der Waals surface area contributed by atoms with Crippen molar-refractivity contribution in [2.45, 2.75) is 27.7 Å². The third-order valence-corrected chi connectivity index (χ3v) is 2.77.